The number of fused-ring (bicyclic) bond motifs is 2. The van der Waals surface area contributed by atoms with Crippen LogP contribution in [0.2, 0.25) is 0 Å². The van der Waals surface area contributed by atoms with Crippen molar-refractivity contribution in [1.29, 1.82) is 0 Å². The van der Waals surface area contributed by atoms with Crippen LogP contribution >= 0.6 is 12.4 Å². The van der Waals surface area contributed by atoms with Crippen molar-refractivity contribution in [2.45, 2.75) is 31.3 Å². The number of ether oxygens (including phenoxy) is 3. The molecule has 1 amide bonds. The highest BCUT2D eigenvalue weighted by Gasteiger charge is 2.32. The number of benzene rings is 1. The molecule has 2 bridgehead atoms. The number of rotatable bonds is 4. The Balaban J connectivity index is 0.00000208. The molecule has 1 aromatic rings. The zero-order valence-corrected chi connectivity index (χ0v) is 15.1. The number of amides is 1. The van der Waals surface area contributed by atoms with Gasteiger partial charge in [0.25, 0.3) is 5.91 Å². The predicted octanol–water partition coefficient (Wildman–Crippen LogP) is 2.10. The second kappa shape index (κ2) is 7.94. The number of carbonyl (C=O) groups is 1. The van der Waals surface area contributed by atoms with Crippen LogP contribution < -0.4 is 19.5 Å². The lowest BCUT2D eigenvalue weighted by Gasteiger charge is -2.25. The second-order valence-electron chi connectivity index (χ2n) is 6.09. The monoisotopic (exact) mass is 356 g/mol. The Morgan fingerprint density at radius 3 is 2.29 bits per heavy atom. The normalized spacial score (nSPS) is 22.4. The second-order valence-corrected chi connectivity index (χ2v) is 6.09. The molecule has 0 aliphatic carbocycles. The Hall–Kier alpha value is -1.66. The maximum absolute atomic E-state index is 13.0. The van der Waals surface area contributed by atoms with Gasteiger partial charge in [0.2, 0.25) is 0 Å². The largest absolute Gasteiger partial charge is 0.496 e. The summed E-state index contributed by atoms with van der Waals surface area (Å²) in [6.07, 6.45) is 3.35. The number of methoxy groups -OCH3 is 3. The van der Waals surface area contributed by atoms with Crippen molar-refractivity contribution in [2.24, 2.45) is 0 Å². The van der Waals surface area contributed by atoms with E-state index < -0.39 is 0 Å². The molecule has 1 aromatic carbocycles. The fraction of sp³-hybridized carbons (Fsp3) is 0.588. The van der Waals surface area contributed by atoms with E-state index in [9.17, 15) is 4.79 Å². The molecule has 2 aliphatic rings. The van der Waals surface area contributed by atoms with Gasteiger partial charge in [0, 0.05) is 37.3 Å². The van der Waals surface area contributed by atoms with Crippen molar-refractivity contribution in [1.82, 2.24) is 10.2 Å². The molecule has 0 radical (unpaired) electrons. The number of carbonyl (C=O) groups excluding carboxylic acids is 1. The summed E-state index contributed by atoms with van der Waals surface area (Å²) in [4.78, 5) is 14.9. The summed E-state index contributed by atoms with van der Waals surface area (Å²) >= 11 is 0. The average molecular weight is 357 g/mol. The van der Waals surface area contributed by atoms with Gasteiger partial charge in [-0.05, 0) is 19.3 Å². The van der Waals surface area contributed by atoms with Crippen LogP contribution in [0.15, 0.2) is 12.1 Å². The minimum absolute atomic E-state index is 0. The molecule has 2 atom stereocenters. The summed E-state index contributed by atoms with van der Waals surface area (Å²) in [5.74, 6) is 1.58. The molecule has 3 rings (SSSR count). The van der Waals surface area contributed by atoms with Crippen molar-refractivity contribution in [2.75, 3.05) is 34.4 Å². The third-order valence-corrected chi connectivity index (χ3v) is 4.75. The van der Waals surface area contributed by atoms with E-state index in [0.717, 1.165) is 25.9 Å². The van der Waals surface area contributed by atoms with Gasteiger partial charge in [-0.2, -0.15) is 0 Å². The molecule has 24 heavy (non-hydrogen) atoms. The molecule has 2 fully saturated rings. The van der Waals surface area contributed by atoms with Gasteiger partial charge in [-0.3, -0.25) is 4.79 Å². The first-order chi connectivity index (χ1) is 11.2. The highest BCUT2D eigenvalue weighted by molar-refractivity contribution is 5.98. The lowest BCUT2D eigenvalue weighted by Crippen LogP contribution is -2.39. The van der Waals surface area contributed by atoms with E-state index in [4.69, 9.17) is 14.2 Å². The molecule has 6 nitrogen and oxygen atoms in total. The van der Waals surface area contributed by atoms with Crippen molar-refractivity contribution < 1.29 is 19.0 Å². The van der Waals surface area contributed by atoms with Gasteiger partial charge in [0.1, 0.15) is 5.75 Å². The van der Waals surface area contributed by atoms with Gasteiger partial charge < -0.3 is 24.4 Å². The minimum atomic E-state index is -0.0165. The van der Waals surface area contributed by atoms with Crippen molar-refractivity contribution >= 4 is 18.3 Å². The quantitative estimate of drug-likeness (QED) is 0.895. The standard InChI is InChI=1S/C17H24N2O4.ClH/c1-21-14-9-16(23-3)15(22-2)8-13(14)17(20)19-7-6-11-4-5-12(10-19)18-11;/h8-9,11-12,18H,4-7,10H2,1-3H3;1H. The van der Waals surface area contributed by atoms with Crippen LogP contribution in [0, 0.1) is 0 Å². The molecule has 2 heterocycles. The molecule has 0 saturated carbocycles. The summed E-state index contributed by atoms with van der Waals surface area (Å²) in [6.45, 7) is 1.51. The number of nitrogens with one attached hydrogen (secondary N) is 1. The van der Waals surface area contributed by atoms with Gasteiger partial charge in [-0.1, -0.05) is 0 Å². The van der Waals surface area contributed by atoms with Gasteiger partial charge in [-0.15, -0.1) is 12.4 Å². The zero-order valence-electron chi connectivity index (χ0n) is 14.3. The molecule has 2 unspecified atom stereocenters. The molecule has 7 heteroatoms. The van der Waals surface area contributed by atoms with Crippen LogP contribution in [0.1, 0.15) is 29.6 Å². The van der Waals surface area contributed by atoms with Crippen molar-refractivity contribution in [3.8, 4) is 17.2 Å². The summed E-state index contributed by atoms with van der Waals surface area (Å²) in [7, 11) is 4.69. The van der Waals surface area contributed by atoms with Gasteiger partial charge in [-0.25, -0.2) is 0 Å². The SMILES string of the molecule is COc1cc(OC)c(C(=O)N2CCC3CCC(C2)N3)cc1OC.Cl. The summed E-state index contributed by atoms with van der Waals surface area (Å²) < 4.78 is 16.0. The highest BCUT2D eigenvalue weighted by atomic mass is 35.5. The first-order valence-electron chi connectivity index (χ1n) is 8.01. The van der Waals surface area contributed by atoms with E-state index in [0.29, 0.717) is 34.9 Å². The van der Waals surface area contributed by atoms with E-state index in [1.165, 1.54) is 6.42 Å². The average Bonchev–Trinajstić information content (AvgIpc) is 2.91. The first-order valence-corrected chi connectivity index (χ1v) is 8.01. The van der Waals surface area contributed by atoms with Crippen LogP contribution in [0.5, 0.6) is 17.2 Å². The molecule has 1 N–H and O–H groups in total. The predicted molar refractivity (Wildman–Crippen MR) is 93.8 cm³/mol. The van der Waals surface area contributed by atoms with E-state index in [-0.39, 0.29) is 18.3 Å². The van der Waals surface area contributed by atoms with E-state index in [1.54, 1.807) is 33.5 Å². The topological polar surface area (TPSA) is 60.0 Å². The third kappa shape index (κ3) is 3.54. The molecular weight excluding hydrogens is 332 g/mol. The minimum Gasteiger partial charge on any atom is -0.496 e. The fourth-order valence-corrected chi connectivity index (χ4v) is 3.49. The number of likely N-dealkylation sites (tertiary alicyclic amines) is 1. The maximum Gasteiger partial charge on any atom is 0.257 e. The van der Waals surface area contributed by atoms with Gasteiger partial charge in [0.15, 0.2) is 11.5 Å². The first kappa shape index (κ1) is 18.7. The maximum atomic E-state index is 13.0. The molecule has 0 spiro atoms. The zero-order chi connectivity index (χ0) is 16.4. The smallest absolute Gasteiger partial charge is 0.257 e. The van der Waals surface area contributed by atoms with Crippen molar-refractivity contribution in [3.63, 3.8) is 0 Å². The highest BCUT2D eigenvalue weighted by Crippen LogP contribution is 2.35. The Morgan fingerprint density at radius 2 is 1.62 bits per heavy atom. The Bertz CT molecular complexity index is 596. The third-order valence-electron chi connectivity index (χ3n) is 4.75. The van der Waals surface area contributed by atoms with Gasteiger partial charge >= 0.3 is 0 Å². The van der Waals surface area contributed by atoms with Crippen LogP contribution in [-0.2, 0) is 0 Å². The molecule has 2 saturated heterocycles. The Morgan fingerprint density at radius 1 is 1.00 bits per heavy atom. The van der Waals surface area contributed by atoms with Crippen molar-refractivity contribution in [3.05, 3.63) is 17.7 Å². The summed E-state index contributed by atoms with van der Waals surface area (Å²) in [6, 6.07) is 4.35. The lowest BCUT2D eigenvalue weighted by atomic mass is 10.1. The molecule has 0 aromatic heterocycles. The van der Waals surface area contributed by atoms with E-state index in [1.807, 2.05) is 4.90 Å². The van der Waals surface area contributed by atoms with Crippen LogP contribution in [-0.4, -0.2) is 57.3 Å². The van der Waals surface area contributed by atoms with E-state index in [2.05, 4.69) is 5.32 Å². The van der Waals surface area contributed by atoms with Crippen LogP contribution in [0.25, 0.3) is 0 Å². The summed E-state index contributed by atoms with van der Waals surface area (Å²) in [5.41, 5.74) is 0.517. The number of hydrogen-bond acceptors (Lipinski definition) is 5. The molecular formula is C17H25ClN2O4. The molecule has 134 valence electrons. The number of hydrogen-bond donors (Lipinski definition) is 1. The molecule has 2 aliphatic heterocycles. The Kier molecular flexibility index (Phi) is 6.18. The Labute approximate surface area is 148 Å². The number of nitrogens with zero attached hydrogens (tertiary/aromatic N) is 1. The van der Waals surface area contributed by atoms with E-state index >= 15 is 0 Å². The van der Waals surface area contributed by atoms with Crippen LogP contribution in [0.3, 0.4) is 0 Å². The number of halogens is 1. The van der Waals surface area contributed by atoms with Gasteiger partial charge in [0.05, 0.1) is 26.9 Å². The summed E-state index contributed by atoms with van der Waals surface area (Å²) in [5, 5.41) is 3.59. The lowest BCUT2D eigenvalue weighted by molar-refractivity contribution is 0.0744. The van der Waals surface area contributed by atoms with Crippen LogP contribution in [0.4, 0.5) is 0 Å². The fourth-order valence-electron chi connectivity index (χ4n) is 3.49.